The maximum atomic E-state index is 12.5. The first-order valence-corrected chi connectivity index (χ1v) is 7.06. The van der Waals surface area contributed by atoms with Gasteiger partial charge >= 0.3 is 6.18 Å². The number of aromatic nitrogens is 3. The number of carbonyl (C=O) groups excluding carboxylic acids is 1. The Morgan fingerprint density at radius 3 is 2.41 bits per heavy atom. The molecule has 1 amide bonds. The molecule has 1 aliphatic heterocycles. The molecule has 0 spiro atoms. The Kier molecular flexibility index (Phi) is 4.46. The maximum absolute atomic E-state index is 12.5. The van der Waals surface area contributed by atoms with Crippen LogP contribution in [0.4, 0.5) is 13.2 Å². The van der Waals surface area contributed by atoms with Crippen molar-refractivity contribution in [2.45, 2.75) is 52.1 Å². The Morgan fingerprint density at radius 2 is 1.95 bits per heavy atom. The minimum Gasteiger partial charge on any atom is -0.374 e. The van der Waals surface area contributed by atoms with Gasteiger partial charge in [0.1, 0.15) is 5.82 Å². The molecule has 0 aromatic carbocycles. The quantitative estimate of drug-likeness (QED) is 0.893. The summed E-state index contributed by atoms with van der Waals surface area (Å²) >= 11 is 0. The van der Waals surface area contributed by atoms with Crippen LogP contribution >= 0.6 is 0 Å². The van der Waals surface area contributed by atoms with Gasteiger partial charge < -0.3 is 10.1 Å². The van der Waals surface area contributed by atoms with Crippen molar-refractivity contribution in [3.63, 3.8) is 0 Å². The number of carbonyl (C=O) groups is 1. The van der Waals surface area contributed by atoms with E-state index in [0.29, 0.717) is 0 Å². The average molecular weight is 320 g/mol. The van der Waals surface area contributed by atoms with Gasteiger partial charge in [-0.2, -0.15) is 13.2 Å². The molecular weight excluding hydrogens is 301 g/mol. The van der Waals surface area contributed by atoms with Gasteiger partial charge in [-0.3, -0.25) is 9.89 Å². The molecule has 124 valence electrons. The van der Waals surface area contributed by atoms with E-state index in [9.17, 15) is 18.0 Å². The van der Waals surface area contributed by atoms with Crippen LogP contribution in [0.15, 0.2) is 0 Å². The molecule has 0 bridgehead atoms. The molecule has 5 unspecified atom stereocenters. The number of hydrogen-bond acceptors (Lipinski definition) is 4. The summed E-state index contributed by atoms with van der Waals surface area (Å²) in [5.41, 5.74) is 0. The Balaban J connectivity index is 2.04. The Hall–Kier alpha value is -1.64. The third-order valence-electron chi connectivity index (χ3n) is 4.07. The Labute approximate surface area is 125 Å². The van der Waals surface area contributed by atoms with Crippen LogP contribution in [0, 0.1) is 11.8 Å². The molecule has 1 aromatic rings. The lowest BCUT2D eigenvalue weighted by Crippen LogP contribution is -2.38. The molecule has 1 saturated heterocycles. The van der Waals surface area contributed by atoms with Crippen molar-refractivity contribution < 1.29 is 22.7 Å². The van der Waals surface area contributed by atoms with Crippen molar-refractivity contribution in [1.29, 1.82) is 0 Å². The summed E-state index contributed by atoms with van der Waals surface area (Å²) < 4.78 is 43.0. The minimum atomic E-state index is -4.61. The minimum absolute atomic E-state index is 0.0302. The number of aromatic amines is 1. The number of rotatable bonds is 3. The van der Waals surface area contributed by atoms with E-state index in [1.807, 2.05) is 20.8 Å². The molecule has 0 saturated carbocycles. The number of ether oxygens (including phenoxy) is 1. The van der Waals surface area contributed by atoms with Gasteiger partial charge in [0.05, 0.1) is 24.2 Å². The van der Waals surface area contributed by atoms with Crippen LogP contribution in [-0.4, -0.2) is 33.3 Å². The molecule has 1 fully saturated rings. The molecule has 2 N–H and O–H groups in total. The number of nitrogens with zero attached hydrogens (tertiary/aromatic N) is 2. The largest absolute Gasteiger partial charge is 0.453 e. The molecule has 5 atom stereocenters. The predicted octanol–water partition coefficient (Wildman–Crippen LogP) is 2.06. The second-order valence-electron chi connectivity index (χ2n) is 5.70. The topological polar surface area (TPSA) is 79.9 Å². The fourth-order valence-corrected chi connectivity index (χ4v) is 2.69. The van der Waals surface area contributed by atoms with Crippen LogP contribution in [0.5, 0.6) is 0 Å². The molecular formula is C13H19F3N4O2. The molecule has 6 nitrogen and oxygen atoms in total. The summed E-state index contributed by atoms with van der Waals surface area (Å²) in [7, 11) is 0. The van der Waals surface area contributed by atoms with Gasteiger partial charge in [-0.25, -0.2) is 4.98 Å². The SMILES string of the molecule is CC(NC(=O)C1C(C)OC(C)C1C)c1nc(C(F)(F)F)n[nH]1. The van der Waals surface area contributed by atoms with Gasteiger partial charge in [-0.05, 0) is 26.7 Å². The number of alkyl halides is 3. The van der Waals surface area contributed by atoms with Gasteiger partial charge in [0.15, 0.2) is 0 Å². The number of nitrogens with one attached hydrogen (secondary N) is 2. The van der Waals surface area contributed by atoms with Gasteiger partial charge in [0.2, 0.25) is 5.91 Å². The van der Waals surface area contributed by atoms with Crippen LogP contribution < -0.4 is 5.32 Å². The zero-order valence-corrected chi connectivity index (χ0v) is 12.7. The number of hydrogen-bond donors (Lipinski definition) is 2. The predicted molar refractivity (Wildman–Crippen MR) is 70.6 cm³/mol. The van der Waals surface area contributed by atoms with Crippen LogP contribution in [0.25, 0.3) is 0 Å². The van der Waals surface area contributed by atoms with E-state index in [4.69, 9.17) is 4.74 Å². The molecule has 2 heterocycles. The van der Waals surface area contributed by atoms with Gasteiger partial charge in [0.25, 0.3) is 5.82 Å². The van der Waals surface area contributed by atoms with Crippen LogP contribution in [0.2, 0.25) is 0 Å². The smallest absolute Gasteiger partial charge is 0.374 e. The maximum Gasteiger partial charge on any atom is 0.453 e. The highest BCUT2D eigenvalue weighted by molar-refractivity contribution is 5.80. The van der Waals surface area contributed by atoms with E-state index in [1.165, 1.54) is 0 Å². The van der Waals surface area contributed by atoms with Crippen molar-refractivity contribution in [1.82, 2.24) is 20.5 Å². The summed E-state index contributed by atoms with van der Waals surface area (Å²) in [5.74, 6) is -1.86. The van der Waals surface area contributed by atoms with Crippen molar-refractivity contribution in [2.75, 3.05) is 0 Å². The summed E-state index contributed by atoms with van der Waals surface area (Å²) in [6.07, 6.45) is -4.89. The summed E-state index contributed by atoms with van der Waals surface area (Å²) in [6, 6.07) is -0.702. The standard InChI is InChI=1S/C13H19F3N4O2/c1-5-7(3)22-8(4)9(5)11(21)17-6(2)10-18-12(20-19-10)13(14,15)16/h5-9H,1-4H3,(H,17,21)(H,18,19,20). The third kappa shape index (κ3) is 3.23. The first-order valence-electron chi connectivity index (χ1n) is 7.06. The lowest BCUT2D eigenvalue weighted by Gasteiger charge is -2.20. The van der Waals surface area contributed by atoms with Gasteiger partial charge in [-0.1, -0.05) is 6.92 Å². The monoisotopic (exact) mass is 320 g/mol. The van der Waals surface area contributed by atoms with Gasteiger partial charge in [-0.15, -0.1) is 5.10 Å². The highest BCUT2D eigenvalue weighted by atomic mass is 19.4. The molecule has 9 heteroatoms. The second kappa shape index (κ2) is 5.86. The zero-order chi connectivity index (χ0) is 16.7. The summed E-state index contributed by atoms with van der Waals surface area (Å²) in [6.45, 7) is 7.17. The number of amides is 1. The van der Waals surface area contributed by atoms with Crippen molar-refractivity contribution >= 4 is 5.91 Å². The second-order valence-corrected chi connectivity index (χ2v) is 5.70. The van der Waals surface area contributed by atoms with Crippen molar-refractivity contribution in [2.24, 2.45) is 11.8 Å². The average Bonchev–Trinajstić information content (AvgIpc) is 2.95. The van der Waals surface area contributed by atoms with Gasteiger partial charge in [0, 0.05) is 0 Å². The van der Waals surface area contributed by atoms with E-state index < -0.39 is 18.0 Å². The van der Waals surface area contributed by atoms with E-state index in [1.54, 1.807) is 6.92 Å². The molecule has 1 aliphatic rings. The first kappa shape index (κ1) is 16.7. The summed E-state index contributed by atoms with van der Waals surface area (Å²) in [4.78, 5) is 15.7. The molecule has 1 aromatic heterocycles. The Morgan fingerprint density at radius 1 is 1.32 bits per heavy atom. The lowest BCUT2D eigenvalue weighted by molar-refractivity contribution is -0.144. The number of halogens is 3. The lowest BCUT2D eigenvalue weighted by atomic mass is 9.88. The van der Waals surface area contributed by atoms with Crippen molar-refractivity contribution in [3.05, 3.63) is 11.6 Å². The molecule has 2 rings (SSSR count). The van der Waals surface area contributed by atoms with E-state index >= 15 is 0 Å². The van der Waals surface area contributed by atoms with Crippen LogP contribution in [0.3, 0.4) is 0 Å². The third-order valence-corrected chi connectivity index (χ3v) is 4.07. The summed E-state index contributed by atoms with van der Waals surface area (Å²) in [5, 5.41) is 7.99. The van der Waals surface area contributed by atoms with Crippen molar-refractivity contribution in [3.8, 4) is 0 Å². The molecule has 22 heavy (non-hydrogen) atoms. The van der Waals surface area contributed by atoms with E-state index in [-0.39, 0.29) is 35.8 Å². The Bertz CT molecular complexity index is 546. The zero-order valence-electron chi connectivity index (χ0n) is 12.7. The fraction of sp³-hybridized carbons (Fsp3) is 0.769. The normalized spacial score (nSPS) is 30.3. The van der Waals surface area contributed by atoms with E-state index in [2.05, 4.69) is 20.5 Å². The number of H-pyrrole nitrogens is 1. The van der Waals surface area contributed by atoms with Crippen LogP contribution in [0.1, 0.15) is 45.4 Å². The highest BCUT2D eigenvalue weighted by Gasteiger charge is 2.42. The molecule has 0 radical (unpaired) electrons. The van der Waals surface area contributed by atoms with E-state index in [0.717, 1.165) is 0 Å². The molecule has 0 aliphatic carbocycles. The first-order chi connectivity index (χ1) is 10.1. The van der Waals surface area contributed by atoms with Crippen LogP contribution in [-0.2, 0) is 15.7 Å². The fourth-order valence-electron chi connectivity index (χ4n) is 2.69. The highest BCUT2D eigenvalue weighted by Crippen LogP contribution is 2.32.